The second kappa shape index (κ2) is 4.41. The Morgan fingerprint density at radius 2 is 1.94 bits per heavy atom. The van der Waals surface area contributed by atoms with Crippen LogP contribution in [0.4, 0.5) is 0 Å². The van der Waals surface area contributed by atoms with E-state index in [1.807, 2.05) is 12.4 Å². The van der Waals surface area contributed by atoms with Crippen molar-refractivity contribution in [1.82, 2.24) is 4.98 Å². The highest BCUT2D eigenvalue weighted by Crippen LogP contribution is 2.43. The molecule has 2 N–H and O–H groups in total. The van der Waals surface area contributed by atoms with Crippen LogP contribution in [0.5, 0.6) is 0 Å². The molecule has 1 aromatic rings. The molecule has 1 aliphatic carbocycles. The minimum absolute atomic E-state index is 0.0392. The summed E-state index contributed by atoms with van der Waals surface area (Å²) in [5, 5.41) is 0. The number of nitrogens with zero attached hydrogens (tertiary/aromatic N) is 1. The van der Waals surface area contributed by atoms with Crippen molar-refractivity contribution in [3.05, 3.63) is 30.1 Å². The van der Waals surface area contributed by atoms with Gasteiger partial charge in [-0.3, -0.25) is 4.98 Å². The minimum Gasteiger partial charge on any atom is -0.325 e. The Hall–Kier alpha value is -0.890. The van der Waals surface area contributed by atoms with Gasteiger partial charge in [-0.1, -0.05) is 20.8 Å². The third-order valence-corrected chi connectivity index (χ3v) is 3.79. The first-order chi connectivity index (χ1) is 7.89. The average Bonchev–Trinajstić information content (AvgIpc) is 2.13. The topological polar surface area (TPSA) is 38.9 Å². The molecule has 2 nitrogen and oxygen atoms in total. The van der Waals surface area contributed by atoms with Gasteiger partial charge in [0.25, 0.3) is 0 Å². The zero-order chi connectivity index (χ0) is 12.5. The maximum atomic E-state index is 6.64. The maximum absolute atomic E-state index is 6.64. The first kappa shape index (κ1) is 12.6. The van der Waals surface area contributed by atoms with Crippen LogP contribution in [0.25, 0.3) is 0 Å². The van der Waals surface area contributed by atoms with Crippen molar-refractivity contribution in [2.45, 2.75) is 52.0 Å². The molecule has 2 heteroatoms. The smallest absolute Gasteiger partial charge is 0.0270 e. The van der Waals surface area contributed by atoms with Crippen molar-refractivity contribution in [2.75, 3.05) is 0 Å². The Kier molecular flexibility index (Phi) is 3.26. The summed E-state index contributed by atoms with van der Waals surface area (Å²) in [5.41, 5.74) is 8.28. The van der Waals surface area contributed by atoms with Crippen LogP contribution in [0.2, 0.25) is 0 Å². The third kappa shape index (κ3) is 3.29. The normalized spacial score (nSPS) is 32.4. The molecule has 2 rings (SSSR count). The lowest BCUT2D eigenvalue weighted by molar-refractivity contribution is 0.108. The van der Waals surface area contributed by atoms with Gasteiger partial charge in [-0.15, -0.1) is 0 Å². The van der Waals surface area contributed by atoms with Gasteiger partial charge in [0.05, 0.1) is 0 Å². The van der Waals surface area contributed by atoms with Gasteiger partial charge in [-0.2, -0.15) is 0 Å². The summed E-state index contributed by atoms with van der Waals surface area (Å²) in [6.07, 6.45) is 8.24. The lowest BCUT2D eigenvalue weighted by Gasteiger charge is -2.45. The lowest BCUT2D eigenvalue weighted by atomic mass is 9.63. The summed E-state index contributed by atoms with van der Waals surface area (Å²) in [6.45, 7) is 7.02. The van der Waals surface area contributed by atoms with Gasteiger partial charge in [-0.25, -0.2) is 0 Å². The summed E-state index contributed by atoms with van der Waals surface area (Å²) in [7, 11) is 0. The Morgan fingerprint density at radius 1 is 1.29 bits per heavy atom. The molecule has 0 aliphatic heterocycles. The van der Waals surface area contributed by atoms with Crippen LogP contribution in [0, 0.1) is 11.3 Å². The van der Waals surface area contributed by atoms with Gasteiger partial charge in [0.15, 0.2) is 0 Å². The zero-order valence-electron chi connectivity index (χ0n) is 11.2. The monoisotopic (exact) mass is 232 g/mol. The van der Waals surface area contributed by atoms with E-state index in [1.165, 1.54) is 12.0 Å². The highest BCUT2D eigenvalue weighted by Gasteiger charge is 2.40. The van der Waals surface area contributed by atoms with Crippen molar-refractivity contribution in [1.29, 1.82) is 0 Å². The summed E-state index contributed by atoms with van der Waals surface area (Å²) < 4.78 is 0. The van der Waals surface area contributed by atoms with Crippen LogP contribution in [0.3, 0.4) is 0 Å². The molecule has 0 saturated heterocycles. The van der Waals surface area contributed by atoms with Gasteiger partial charge in [0, 0.05) is 17.9 Å². The van der Waals surface area contributed by atoms with Crippen LogP contribution in [-0.2, 0) is 6.42 Å². The van der Waals surface area contributed by atoms with Gasteiger partial charge < -0.3 is 5.73 Å². The highest BCUT2D eigenvalue weighted by molar-refractivity contribution is 5.15. The average molecular weight is 232 g/mol. The van der Waals surface area contributed by atoms with Crippen molar-refractivity contribution in [3.8, 4) is 0 Å². The first-order valence-electron chi connectivity index (χ1n) is 6.56. The molecular weight excluding hydrogens is 208 g/mol. The van der Waals surface area contributed by atoms with E-state index < -0.39 is 0 Å². The number of hydrogen-bond acceptors (Lipinski definition) is 2. The molecule has 0 bridgehead atoms. The number of rotatable bonds is 2. The summed E-state index contributed by atoms with van der Waals surface area (Å²) >= 11 is 0. The van der Waals surface area contributed by atoms with Crippen LogP contribution in [-0.4, -0.2) is 10.5 Å². The van der Waals surface area contributed by atoms with Crippen molar-refractivity contribution in [2.24, 2.45) is 17.1 Å². The molecule has 1 saturated carbocycles. The Morgan fingerprint density at radius 3 is 2.53 bits per heavy atom. The van der Waals surface area contributed by atoms with E-state index in [-0.39, 0.29) is 5.54 Å². The predicted molar refractivity (Wildman–Crippen MR) is 71.7 cm³/mol. The molecule has 1 fully saturated rings. The van der Waals surface area contributed by atoms with Crippen LogP contribution in [0.1, 0.15) is 45.6 Å². The summed E-state index contributed by atoms with van der Waals surface area (Å²) in [5.74, 6) is 0.727. The molecule has 2 atom stereocenters. The molecule has 94 valence electrons. The molecule has 1 aliphatic rings. The predicted octanol–water partition coefficient (Wildman–Crippen LogP) is 3.17. The molecule has 17 heavy (non-hydrogen) atoms. The molecule has 0 spiro atoms. The number of hydrogen-bond donors (Lipinski definition) is 1. The van der Waals surface area contributed by atoms with Crippen LogP contribution in [0.15, 0.2) is 24.5 Å². The number of nitrogens with two attached hydrogens (primary N) is 1. The maximum Gasteiger partial charge on any atom is 0.0270 e. The van der Waals surface area contributed by atoms with E-state index in [2.05, 4.69) is 37.9 Å². The SMILES string of the molecule is CC1CC(C)(C)CC(N)(Cc2ccncc2)C1. The largest absolute Gasteiger partial charge is 0.325 e. The van der Waals surface area contributed by atoms with Gasteiger partial charge >= 0.3 is 0 Å². The molecule has 0 amide bonds. The fraction of sp³-hybridized carbons (Fsp3) is 0.667. The fourth-order valence-electron chi connectivity index (χ4n) is 3.85. The minimum atomic E-state index is -0.0392. The Labute approximate surface area is 105 Å². The number of pyridine rings is 1. The van der Waals surface area contributed by atoms with Crippen molar-refractivity contribution in [3.63, 3.8) is 0 Å². The second-order valence-electron chi connectivity index (χ2n) is 6.75. The van der Waals surface area contributed by atoms with E-state index in [0.29, 0.717) is 5.41 Å². The molecule has 2 unspecified atom stereocenters. The standard InChI is InChI=1S/C15H24N2/c1-12-8-14(2,3)11-15(16,9-12)10-13-4-6-17-7-5-13/h4-7,12H,8-11,16H2,1-3H3. The van der Waals surface area contributed by atoms with Crippen molar-refractivity contribution >= 4 is 0 Å². The molecule has 1 aromatic heterocycles. The highest BCUT2D eigenvalue weighted by atomic mass is 14.8. The summed E-state index contributed by atoms with van der Waals surface area (Å²) in [4.78, 5) is 4.06. The Bertz CT molecular complexity index is 372. The Balaban J connectivity index is 2.13. The van der Waals surface area contributed by atoms with Crippen LogP contribution < -0.4 is 5.73 Å². The van der Waals surface area contributed by atoms with Crippen LogP contribution >= 0.6 is 0 Å². The van der Waals surface area contributed by atoms with E-state index in [1.54, 1.807) is 0 Å². The van der Waals surface area contributed by atoms with E-state index in [0.717, 1.165) is 25.2 Å². The van der Waals surface area contributed by atoms with Gasteiger partial charge in [0.2, 0.25) is 0 Å². The molecule has 1 heterocycles. The third-order valence-electron chi connectivity index (χ3n) is 3.79. The van der Waals surface area contributed by atoms with E-state index in [4.69, 9.17) is 5.73 Å². The second-order valence-corrected chi connectivity index (χ2v) is 6.75. The quantitative estimate of drug-likeness (QED) is 0.850. The molecule has 0 aromatic carbocycles. The lowest BCUT2D eigenvalue weighted by Crippen LogP contribution is -2.50. The molecule has 0 radical (unpaired) electrons. The fourth-order valence-corrected chi connectivity index (χ4v) is 3.85. The zero-order valence-corrected chi connectivity index (χ0v) is 11.2. The van der Waals surface area contributed by atoms with E-state index >= 15 is 0 Å². The summed E-state index contributed by atoms with van der Waals surface area (Å²) in [6, 6.07) is 4.17. The first-order valence-corrected chi connectivity index (χ1v) is 6.56. The van der Waals surface area contributed by atoms with E-state index in [9.17, 15) is 0 Å². The van der Waals surface area contributed by atoms with Gasteiger partial charge in [0.1, 0.15) is 0 Å². The molecular formula is C15H24N2. The van der Waals surface area contributed by atoms with Gasteiger partial charge in [-0.05, 0) is 54.7 Å². The number of aromatic nitrogens is 1. The van der Waals surface area contributed by atoms with Crippen molar-refractivity contribution < 1.29 is 0 Å².